The molecule has 0 N–H and O–H groups in total. The second kappa shape index (κ2) is 3.97. The lowest BCUT2D eigenvalue weighted by atomic mass is 9.87. The molecule has 0 amide bonds. The zero-order chi connectivity index (χ0) is 10.2. The van der Waals surface area contributed by atoms with Gasteiger partial charge in [0.05, 0.1) is 0 Å². The molecule has 3 unspecified atom stereocenters. The molecule has 0 bridgehead atoms. The average molecular weight is 212 g/mol. The van der Waals surface area contributed by atoms with Gasteiger partial charge in [-0.3, -0.25) is 0 Å². The van der Waals surface area contributed by atoms with E-state index in [0.29, 0.717) is 0 Å². The van der Waals surface area contributed by atoms with Gasteiger partial charge in [-0.25, -0.2) is 0 Å². The lowest BCUT2D eigenvalue weighted by Gasteiger charge is -2.25. The molecule has 0 aromatic heterocycles. The predicted molar refractivity (Wildman–Crippen MR) is 62.9 cm³/mol. The Balaban J connectivity index is 1.70. The quantitative estimate of drug-likeness (QED) is 0.646. The van der Waals surface area contributed by atoms with Gasteiger partial charge in [-0.15, -0.1) is 0 Å². The molecule has 2 aliphatic rings. The van der Waals surface area contributed by atoms with Crippen molar-refractivity contribution in [2.75, 3.05) is 7.11 Å². The average Bonchev–Trinajstić information content (AvgIpc) is 2.93. The topological polar surface area (TPSA) is 9.23 Å². The fourth-order valence-corrected chi connectivity index (χ4v) is 4.17. The van der Waals surface area contributed by atoms with Crippen LogP contribution in [0.15, 0.2) is 0 Å². The third-order valence-corrected chi connectivity index (χ3v) is 6.96. The molecule has 2 heteroatoms. The number of hydrogen-bond donors (Lipinski definition) is 0. The van der Waals surface area contributed by atoms with Gasteiger partial charge in [0.2, 0.25) is 0 Å². The summed E-state index contributed by atoms with van der Waals surface area (Å²) >= 11 is 0. The Morgan fingerprint density at radius 2 is 1.93 bits per heavy atom. The normalized spacial score (nSPS) is 36.6. The summed E-state index contributed by atoms with van der Waals surface area (Å²) in [5, 5.41) is 0. The maximum atomic E-state index is 5.60. The first-order valence-electron chi connectivity index (χ1n) is 6.16. The van der Waals surface area contributed by atoms with Gasteiger partial charge in [-0.2, -0.15) is 0 Å². The van der Waals surface area contributed by atoms with Crippen molar-refractivity contribution in [3.63, 3.8) is 0 Å². The zero-order valence-electron chi connectivity index (χ0n) is 9.88. The van der Waals surface area contributed by atoms with Crippen LogP contribution in [0.3, 0.4) is 0 Å². The zero-order valence-corrected chi connectivity index (χ0v) is 10.9. The molecular formula is C12H24OSi. The van der Waals surface area contributed by atoms with Crippen molar-refractivity contribution >= 4 is 8.32 Å². The van der Waals surface area contributed by atoms with Crippen LogP contribution in [0, 0.1) is 17.8 Å². The molecule has 2 aliphatic carbocycles. The van der Waals surface area contributed by atoms with E-state index in [2.05, 4.69) is 13.1 Å². The molecule has 0 heterocycles. The van der Waals surface area contributed by atoms with Crippen LogP contribution in [-0.2, 0) is 4.43 Å². The Hall–Kier alpha value is 0.177. The van der Waals surface area contributed by atoms with Crippen LogP contribution in [0.2, 0.25) is 19.1 Å². The molecule has 0 saturated heterocycles. The van der Waals surface area contributed by atoms with Crippen molar-refractivity contribution < 1.29 is 4.43 Å². The minimum absolute atomic E-state index is 1.04. The SMILES string of the molecule is CO[Si](C)(C)CCC1CCC2CC2C1. The van der Waals surface area contributed by atoms with Gasteiger partial charge in [0.15, 0.2) is 8.32 Å². The van der Waals surface area contributed by atoms with Gasteiger partial charge in [-0.05, 0) is 56.2 Å². The highest BCUT2D eigenvalue weighted by molar-refractivity contribution is 6.71. The Bertz CT molecular complexity index is 202. The third-order valence-electron chi connectivity index (χ3n) is 4.36. The minimum atomic E-state index is -1.27. The minimum Gasteiger partial charge on any atom is -0.420 e. The van der Waals surface area contributed by atoms with Crippen LogP contribution >= 0.6 is 0 Å². The van der Waals surface area contributed by atoms with E-state index in [0.717, 1.165) is 17.8 Å². The molecule has 2 saturated carbocycles. The molecule has 14 heavy (non-hydrogen) atoms. The van der Waals surface area contributed by atoms with Crippen LogP contribution in [0.4, 0.5) is 0 Å². The van der Waals surface area contributed by atoms with Gasteiger partial charge < -0.3 is 4.43 Å². The van der Waals surface area contributed by atoms with Crippen LogP contribution in [0.5, 0.6) is 0 Å². The van der Waals surface area contributed by atoms with Crippen LogP contribution < -0.4 is 0 Å². The van der Waals surface area contributed by atoms with E-state index in [4.69, 9.17) is 4.43 Å². The van der Waals surface area contributed by atoms with E-state index in [1.807, 2.05) is 7.11 Å². The van der Waals surface area contributed by atoms with Crippen LogP contribution in [-0.4, -0.2) is 15.4 Å². The third kappa shape index (κ3) is 2.60. The number of hydrogen-bond acceptors (Lipinski definition) is 1. The fourth-order valence-electron chi connectivity index (χ4n) is 2.86. The van der Waals surface area contributed by atoms with E-state index >= 15 is 0 Å². The molecule has 2 rings (SSSR count). The number of rotatable bonds is 4. The second-order valence-corrected chi connectivity index (χ2v) is 10.4. The maximum Gasteiger partial charge on any atom is 0.186 e. The lowest BCUT2D eigenvalue weighted by molar-refractivity contribution is 0.325. The van der Waals surface area contributed by atoms with E-state index in [-0.39, 0.29) is 0 Å². The highest BCUT2D eigenvalue weighted by Gasteiger charge is 2.41. The summed E-state index contributed by atoms with van der Waals surface area (Å²) in [5.41, 5.74) is 0. The van der Waals surface area contributed by atoms with Crippen molar-refractivity contribution in [2.45, 2.75) is 51.2 Å². The van der Waals surface area contributed by atoms with Gasteiger partial charge in [0.1, 0.15) is 0 Å². The second-order valence-electron chi connectivity index (χ2n) is 5.94. The molecule has 1 nitrogen and oxygen atoms in total. The number of fused-ring (bicyclic) bond motifs is 1. The highest BCUT2D eigenvalue weighted by Crippen LogP contribution is 2.52. The van der Waals surface area contributed by atoms with E-state index < -0.39 is 8.32 Å². The van der Waals surface area contributed by atoms with Gasteiger partial charge in [0, 0.05) is 7.11 Å². The molecule has 0 aliphatic heterocycles. The highest BCUT2D eigenvalue weighted by atomic mass is 28.4. The first kappa shape index (κ1) is 10.7. The van der Waals surface area contributed by atoms with Crippen molar-refractivity contribution in [1.29, 1.82) is 0 Å². The van der Waals surface area contributed by atoms with Gasteiger partial charge >= 0.3 is 0 Å². The predicted octanol–water partition coefficient (Wildman–Crippen LogP) is 3.66. The Kier molecular flexibility index (Phi) is 3.03. The lowest BCUT2D eigenvalue weighted by Crippen LogP contribution is -2.29. The van der Waals surface area contributed by atoms with E-state index in [1.165, 1.54) is 25.3 Å². The van der Waals surface area contributed by atoms with Crippen molar-refractivity contribution in [3.8, 4) is 0 Å². The van der Waals surface area contributed by atoms with Crippen LogP contribution in [0.25, 0.3) is 0 Å². The van der Waals surface area contributed by atoms with Crippen molar-refractivity contribution in [2.24, 2.45) is 17.8 Å². The van der Waals surface area contributed by atoms with Crippen LogP contribution in [0.1, 0.15) is 32.1 Å². The standard InChI is InChI=1S/C12H24OSi/c1-13-14(2,3)7-6-10-4-5-11-9-12(11)8-10/h10-12H,4-9H2,1-3H3. The molecule has 0 radical (unpaired) electrons. The summed E-state index contributed by atoms with van der Waals surface area (Å²) in [6.45, 7) is 4.69. The summed E-state index contributed by atoms with van der Waals surface area (Å²) < 4.78 is 5.60. The molecule has 2 fully saturated rings. The van der Waals surface area contributed by atoms with E-state index in [9.17, 15) is 0 Å². The smallest absolute Gasteiger partial charge is 0.186 e. The van der Waals surface area contributed by atoms with E-state index in [1.54, 1.807) is 12.8 Å². The molecule has 0 aromatic carbocycles. The fraction of sp³-hybridized carbons (Fsp3) is 1.00. The summed E-state index contributed by atoms with van der Waals surface area (Å²) in [6, 6.07) is 1.37. The summed E-state index contributed by atoms with van der Waals surface area (Å²) in [5.74, 6) is 3.33. The summed E-state index contributed by atoms with van der Waals surface area (Å²) in [4.78, 5) is 0. The maximum absolute atomic E-state index is 5.60. The van der Waals surface area contributed by atoms with Gasteiger partial charge in [0.25, 0.3) is 0 Å². The Morgan fingerprint density at radius 3 is 2.57 bits per heavy atom. The Morgan fingerprint density at radius 1 is 1.14 bits per heavy atom. The van der Waals surface area contributed by atoms with Crippen molar-refractivity contribution in [1.82, 2.24) is 0 Å². The summed E-state index contributed by atoms with van der Waals surface area (Å²) in [7, 11) is 0.623. The largest absolute Gasteiger partial charge is 0.420 e. The molecule has 82 valence electrons. The first-order chi connectivity index (χ1) is 6.61. The Labute approximate surface area is 89.4 Å². The van der Waals surface area contributed by atoms with Gasteiger partial charge in [-0.1, -0.05) is 12.8 Å². The summed E-state index contributed by atoms with van der Waals surface area (Å²) in [6.07, 6.45) is 7.58. The molecule has 0 spiro atoms. The molecular weight excluding hydrogens is 188 g/mol. The monoisotopic (exact) mass is 212 g/mol. The first-order valence-corrected chi connectivity index (χ1v) is 9.27. The molecule has 3 atom stereocenters. The van der Waals surface area contributed by atoms with Crippen molar-refractivity contribution in [3.05, 3.63) is 0 Å². The molecule has 0 aromatic rings.